The first-order chi connectivity index (χ1) is 14.4. The Bertz CT molecular complexity index is 668. The molecule has 1 rings (SSSR count). The second-order valence-electron chi connectivity index (χ2n) is 9.54. The zero-order chi connectivity index (χ0) is 23.6. The lowest BCUT2D eigenvalue weighted by Gasteiger charge is -2.32. The van der Waals surface area contributed by atoms with Gasteiger partial charge in [-0.15, -0.1) is 0 Å². The van der Waals surface area contributed by atoms with Crippen LogP contribution in [0.1, 0.15) is 74.7 Å². The van der Waals surface area contributed by atoms with Crippen LogP contribution in [0.25, 0.3) is 0 Å². The van der Waals surface area contributed by atoms with Gasteiger partial charge in [-0.25, -0.2) is 9.59 Å². The van der Waals surface area contributed by atoms with Gasteiger partial charge in [0.05, 0.1) is 0 Å². The summed E-state index contributed by atoms with van der Waals surface area (Å²) < 4.78 is 17.3. The van der Waals surface area contributed by atoms with E-state index in [1.165, 1.54) is 0 Å². The summed E-state index contributed by atoms with van der Waals surface area (Å²) in [5.41, 5.74) is -0.639. The van der Waals surface area contributed by atoms with Gasteiger partial charge >= 0.3 is 12.1 Å². The van der Waals surface area contributed by atoms with Crippen molar-refractivity contribution in [3.63, 3.8) is 0 Å². The highest BCUT2D eigenvalue weighted by atomic mass is 16.6. The van der Waals surface area contributed by atoms with E-state index < -0.39 is 29.8 Å². The van der Waals surface area contributed by atoms with E-state index in [1.54, 1.807) is 27.7 Å². The fraction of sp³-hybridized carbons (Fsp3) is 0.680. The Morgan fingerprint density at radius 2 is 1.61 bits per heavy atom. The third-order valence-corrected chi connectivity index (χ3v) is 4.97. The summed E-state index contributed by atoms with van der Waals surface area (Å²) in [5.74, 6) is 1.05. The lowest BCUT2D eigenvalue weighted by molar-refractivity contribution is -0.156. The molecule has 0 fully saturated rings. The zero-order valence-electron chi connectivity index (χ0n) is 20.4. The van der Waals surface area contributed by atoms with Crippen LogP contribution in [-0.4, -0.2) is 35.9 Å². The maximum absolute atomic E-state index is 12.6. The SMILES string of the molecule is CC[C@@H](CCC(C)C)[C@H](Oc1ccccc1)[C@H](C)OC(=O)[C@H](C)NC(=O)OC(C)(C)C. The molecule has 31 heavy (non-hydrogen) atoms. The van der Waals surface area contributed by atoms with Crippen LogP contribution < -0.4 is 10.1 Å². The van der Waals surface area contributed by atoms with Crippen molar-refractivity contribution < 1.29 is 23.8 Å². The molecular weight excluding hydrogens is 394 g/mol. The third kappa shape index (κ3) is 10.6. The number of esters is 1. The minimum Gasteiger partial charge on any atom is -0.486 e. The Morgan fingerprint density at radius 3 is 2.13 bits per heavy atom. The minimum atomic E-state index is -0.828. The van der Waals surface area contributed by atoms with Gasteiger partial charge in [-0.1, -0.05) is 45.4 Å². The van der Waals surface area contributed by atoms with Crippen LogP contribution in [0.5, 0.6) is 5.75 Å². The number of amides is 1. The maximum Gasteiger partial charge on any atom is 0.408 e. The Balaban J connectivity index is 2.86. The van der Waals surface area contributed by atoms with E-state index in [0.717, 1.165) is 25.0 Å². The lowest BCUT2D eigenvalue weighted by atomic mass is 9.88. The molecule has 0 saturated carbocycles. The summed E-state index contributed by atoms with van der Waals surface area (Å²) in [7, 11) is 0. The average Bonchev–Trinajstić information content (AvgIpc) is 2.66. The molecule has 1 aromatic carbocycles. The second-order valence-corrected chi connectivity index (χ2v) is 9.54. The molecule has 1 N–H and O–H groups in total. The van der Waals surface area contributed by atoms with Crippen molar-refractivity contribution in [2.45, 2.75) is 98.5 Å². The summed E-state index contributed by atoms with van der Waals surface area (Å²) in [4.78, 5) is 24.6. The quantitative estimate of drug-likeness (QED) is 0.449. The molecule has 4 atom stereocenters. The number of hydrogen-bond donors (Lipinski definition) is 1. The summed E-state index contributed by atoms with van der Waals surface area (Å²) in [6.07, 6.45) is 1.56. The Kier molecular flexibility index (Phi) is 10.9. The van der Waals surface area contributed by atoms with E-state index >= 15 is 0 Å². The van der Waals surface area contributed by atoms with Gasteiger partial charge in [0.2, 0.25) is 0 Å². The molecule has 0 radical (unpaired) electrons. The standard InChI is InChI=1S/C25H41NO5/c1-9-20(16-15-17(2)3)22(30-21-13-11-10-12-14-21)19(5)29-23(27)18(4)26-24(28)31-25(6,7)8/h10-14,17-20,22H,9,15-16H2,1-8H3,(H,26,28)/t18-,19-,20-,22+/m0/s1. The molecule has 6 nitrogen and oxygen atoms in total. The van der Waals surface area contributed by atoms with Crippen molar-refractivity contribution in [2.75, 3.05) is 0 Å². The van der Waals surface area contributed by atoms with E-state index in [-0.39, 0.29) is 12.0 Å². The van der Waals surface area contributed by atoms with Crippen LogP contribution in [-0.2, 0) is 14.3 Å². The molecule has 176 valence electrons. The van der Waals surface area contributed by atoms with Crippen LogP contribution in [0.2, 0.25) is 0 Å². The number of carbonyl (C=O) groups is 2. The first-order valence-electron chi connectivity index (χ1n) is 11.3. The first kappa shape index (κ1) is 26.8. The third-order valence-electron chi connectivity index (χ3n) is 4.97. The number of carbonyl (C=O) groups excluding carboxylic acids is 2. The van der Waals surface area contributed by atoms with Gasteiger partial charge < -0.3 is 19.5 Å². The van der Waals surface area contributed by atoms with Crippen LogP contribution in [0.4, 0.5) is 4.79 Å². The summed E-state index contributed by atoms with van der Waals surface area (Å²) in [6.45, 7) is 15.3. The molecule has 0 spiro atoms. The highest BCUT2D eigenvalue weighted by Gasteiger charge is 2.32. The van der Waals surface area contributed by atoms with Crippen LogP contribution in [0, 0.1) is 11.8 Å². The molecule has 0 saturated heterocycles. The number of hydrogen-bond acceptors (Lipinski definition) is 5. The van der Waals surface area contributed by atoms with Gasteiger partial charge in [-0.05, 0) is 71.4 Å². The van der Waals surface area contributed by atoms with Crippen molar-refractivity contribution in [3.05, 3.63) is 30.3 Å². The monoisotopic (exact) mass is 435 g/mol. The Morgan fingerprint density at radius 1 is 1.00 bits per heavy atom. The normalized spacial score (nSPS) is 15.5. The Hall–Kier alpha value is -2.24. The highest BCUT2D eigenvalue weighted by molar-refractivity contribution is 5.81. The van der Waals surface area contributed by atoms with Crippen molar-refractivity contribution in [1.29, 1.82) is 0 Å². The van der Waals surface area contributed by atoms with E-state index in [2.05, 4.69) is 26.1 Å². The second kappa shape index (κ2) is 12.6. The fourth-order valence-corrected chi connectivity index (χ4v) is 3.28. The molecule has 0 aliphatic rings. The topological polar surface area (TPSA) is 73.9 Å². The molecule has 0 heterocycles. The van der Waals surface area contributed by atoms with Gasteiger partial charge in [0, 0.05) is 0 Å². The predicted octanol–water partition coefficient (Wildman–Crippen LogP) is 5.74. The van der Waals surface area contributed by atoms with Crippen LogP contribution in [0.3, 0.4) is 0 Å². The largest absolute Gasteiger partial charge is 0.486 e. The fourth-order valence-electron chi connectivity index (χ4n) is 3.28. The van der Waals surface area contributed by atoms with Gasteiger partial charge in [0.25, 0.3) is 0 Å². The number of rotatable bonds is 11. The molecule has 0 aliphatic heterocycles. The highest BCUT2D eigenvalue weighted by Crippen LogP contribution is 2.27. The van der Waals surface area contributed by atoms with Gasteiger partial charge in [-0.3, -0.25) is 0 Å². The average molecular weight is 436 g/mol. The van der Waals surface area contributed by atoms with E-state index in [4.69, 9.17) is 14.2 Å². The number of ether oxygens (including phenoxy) is 3. The number of para-hydroxylation sites is 1. The molecule has 0 aromatic heterocycles. The van der Waals surface area contributed by atoms with Crippen molar-refractivity contribution >= 4 is 12.1 Å². The molecule has 1 aromatic rings. The lowest BCUT2D eigenvalue weighted by Crippen LogP contribution is -2.46. The summed E-state index contributed by atoms with van der Waals surface area (Å²) in [5, 5.41) is 2.54. The minimum absolute atomic E-state index is 0.236. The molecule has 6 heteroatoms. The molecule has 0 unspecified atom stereocenters. The number of alkyl carbamates (subject to hydrolysis) is 1. The van der Waals surface area contributed by atoms with Gasteiger partial charge in [-0.2, -0.15) is 0 Å². The van der Waals surface area contributed by atoms with Crippen LogP contribution >= 0.6 is 0 Å². The molecule has 0 aliphatic carbocycles. The number of nitrogens with one attached hydrogen (secondary N) is 1. The summed E-state index contributed by atoms with van der Waals surface area (Å²) >= 11 is 0. The van der Waals surface area contributed by atoms with Crippen molar-refractivity contribution in [1.82, 2.24) is 5.32 Å². The zero-order valence-corrected chi connectivity index (χ0v) is 20.4. The van der Waals surface area contributed by atoms with Gasteiger partial charge in [0.1, 0.15) is 29.6 Å². The first-order valence-corrected chi connectivity index (χ1v) is 11.3. The predicted molar refractivity (Wildman–Crippen MR) is 123 cm³/mol. The summed E-state index contributed by atoms with van der Waals surface area (Å²) in [6, 6.07) is 8.76. The van der Waals surface area contributed by atoms with Crippen molar-refractivity contribution in [2.24, 2.45) is 11.8 Å². The van der Waals surface area contributed by atoms with Crippen LogP contribution in [0.15, 0.2) is 30.3 Å². The van der Waals surface area contributed by atoms with Crippen molar-refractivity contribution in [3.8, 4) is 5.75 Å². The molecular formula is C25H41NO5. The maximum atomic E-state index is 12.6. The van der Waals surface area contributed by atoms with E-state index in [1.807, 2.05) is 37.3 Å². The number of benzene rings is 1. The molecule has 0 bridgehead atoms. The molecule has 1 amide bonds. The van der Waals surface area contributed by atoms with E-state index in [0.29, 0.717) is 5.92 Å². The van der Waals surface area contributed by atoms with Gasteiger partial charge in [0.15, 0.2) is 0 Å². The Labute approximate surface area is 188 Å². The van der Waals surface area contributed by atoms with E-state index in [9.17, 15) is 9.59 Å². The smallest absolute Gasteiger partial charge is 0.408 e.